The van der Waals surface area contributed by atoms with Gasteiger partial charge in [-0.1, -0.05) is 41.9 Å². The van der Waals surface area contributed by atoms with Gasteiger partial charge in [0.25, 0.3) is 5.91 Å². The van der Waals surface area contributed by atoms with Crippen molar-refractivity contribution in [2.75, 3.05) is 27.7 Å². The molecule has 0 atom stereocenters. The number of hydrogen-bond donors (Lipinski definition) is 2. The van der Waals surface area contributed by atoms with E-state index < -0.39 is 0 Å². The molecular formula is C20H25ClN4O2. The smallest absolute Gasteiger partial charge is 0.259 e. The van der Waals surface area contributed by atoms with E-state index in [9.17, 15) is 4.79 Å². The zero-order valence-corrected chi connectivity index (χ0v) is 16.6. The molecule has 2 aromatic rings. The van der Waals surface area contributed by atoms with Crippen LogP contribution < -0.4 is 15.4 Å². The molecule has 144 valence electrons. The lowest BCUT2D eigenvalue weighted by Crippen LogP contribution is -2.36. The molecule has 0 spiro atoms. The van der Waals surface area contributed by atoms with Crippen molar-refractivity contribution in [1.82, 2.24) is 15.5 Å². The summed E-state index contributed by atoms with van der Waals surface area (Å²) in [5, 5.41) is 7.21. The number of benzene rings is 2. The number of carbonyl (C=O) groups is 1. The first kappa shape index (κ1) is 20.6. The highest BCUT2D eigenvalue weighted by atomic mass is 35.5. The van der Waals surface area contributed by atoms with Crippen LogP contribution in [-0.4, -0.2) is 44.5 Å². The van der Waals surface area contributed by atoms with Gasteiger partial charge in [0.15, 0.2) is 12.6 Å². The molecular weight excluding hydrogens is 364 g/mol. The van der Waals surface area contributed by atoms with Gasteiger partial charge in [-0.2, -0.15) is 0 Å². The van der Waals surface area contributed by atoms with Crippen LogP contribution in [0, 0.1) is 0 Å². The van der Waals surface area contributed by atoms with Crippen LogP contribution in [0.25, 0.3) is 0 Å². The predicted molar refractivity (Wildman–Crippen MR) is 109 cm³/mol. The number of nitrogens with one attached hydrogen (secondary N) is 2. The average molecular weight is 389 g/mol. The minimum atomic E-state index is -0.0808. The summed E-state index contributed by atoms with van der Waals surface area (Å²) >= 11 is 6.17. The van der Waals surface area contributed by atoms with Gasteiger partial charge in [-0.3, -0.25) is 9.79 Å². The standard InChI is InChI=1S/C20H25ClN4O2/c1-22-20(24-13-16-8-4-5-10-18(16)21)23-12-15-7-6-9-17(11-15)27-14-19(26)25(2)3/h4-11H,12-14H2,1-3H3,(H2,22,23,24). The van der Waals surface area contributed by atoms with E-state index in [1.807, 2.05) is 48.5 Å². The molecule has 2 N–H and O–H groups in total. The van der Waals surface area contributed by atoms with Crippen LogP contribution in [0.3, 0.4) is 0 Å². The number of ether oxygens (including phenoxy) is 1. The van der Waals surface area contributed by atoms with E-state index in [-0.39, 0.29) is 12.5 Å². The Morgan fingerprint density at radius 2 is 1.85 bits per heavy atom. The van der Waals surface area contributed by atoms with Crippen LogP contribution in [0.2, 0.25) is 5.02 Å². The first-order chi connectivity index (χ1) is 13.0. The highest BCUT2D eigenvalue weighted by Gasteiger charge is 2.06. The molecule has 1 amide bonds. The monoisotopic (exact) mass is 388 g/mol. The van der Waals surface area contributed by atoms with Crippen molar-refractivity contribution in [2.45, 2.75) is 13.1 Å². The third kappa shape index (κ3) is 6.83. The second kappa shape index (κ2) is 10.4. The van der Waals surface area contributed by atoms with Gasteiger partial charge >= 0.3 is 0 Å². The van der Waals surface area contributed by atoms with E-state index in [0.29, 0.717) is 24.8 Å². The molecule has 7 heteroatoms. The van der Waals surface area contributed by atoms with Gasteiger partial charge in [0.2, 0.25) is 0 Å². The van der Waals surface area contributed by atoms with Crippen LogP contribution in [0.1, 0.15) is 11.1 Å². The number of hydrogen-bond acceptors (Lipinski definition) is 3. The second-order valence-electron chi connectivity index (χ2n) is 6.09. The van der Waals surface area contributed by atoms with Crippen molar-refractivity contribution >= 4 is 23.5 Å². The molecule has 27 heavy (non-hydrogen) atoms. The summed E-state index contributed by atoms with van der Waals surface area (Å²) in [6.45, 7) is 1.17. The number of amides is 1. The summed E-state index contributed by atoms with van der Waals surface area (Å²) in [5.74, 6) is 1.25. The first-order valence-corrected chi connectivity index (χ1v) is 8.97. The van der Waals surface area contributed by atoms with Crippen LogP contribution in [0.4, 0.5) is 0 Å². The number of aliphatic imine (C=N–C) groups is 1. The van der Waals surface area contributed by atoms with Crippen molar-refractivity contribution in [3.63, 3.8) is 0 Å². The summed E-state index contributed by atoms with van der Waals surface area (Å²) in [5.41, 5.74) is 2.02. The Kier molecular flexibility index (Phi) is 7.95. The molecule has 0 aliphatic carbocycles. The number of rotatable bonds is 7. The molecule has 0 aliphatic rings. The van der Waals surface area contributed by atoms with E-state index in [1.54, 1.807) is 21.1 Å². The molecule has 2 aromatic carbocycles. The summed E-state index contributed by atoms with van der Waals surface area (Å²) < 4.78 is 5.54. The zero-order chi connectivity index (χ0) is 19.6. The van der Waals surface area contributed by atoms with Gasteiger partial charge in [-0.25, -0.2) is 0 Å². The molecule has 0 aliphatic heterocycles. The van der Waals surface area contributed by atoms with E-state index in [0.717, 1.165) is 16.1 Å². The normalized spacial score (nSPS) is 11.0. The molecule has 0 unspecified atom stereocenters. The highest BCUT2D eigenvalue weighted by molar-refractivity contribution is 6.31. The van der Waals surface area contributed by atoms with Crippen molar-refractivity contribution < 1.29 is 9.53 Å². The Morgan fingerprint density at radius 1 is 1.11 bits per heavy atom. The molecule has 0 heterocycles. The van der Waals surface area contributed by atoms with Crippen LogP contribution >= 0.6 is 11.6 Å². The molecule has 0 aromatic heterocycles. The molecule has 0 radical (unpaired) electrons. The maximum atomic E-state index is 11.6. The van der Waals surface area contributed by atoms with Crippen molar-refractivity contribution in [2.24, 2.45) is 4.99 Å². The van der Waals surface area contributed by atoms with Gasteiger partial charge < -0.3 is 20.3 Å². The Labute approximate surface area is 165 Å². The molecule has 0 fully saturated rings. The predicted octanol–water partition coefficient (Wildman–Crippen LogP) is 2.67. The number of halogens is 1. The zero-order valence-electron chi connectivity index (χ0n) is 15.8. The minimum Gasteiger partial charge on any atom is -0.484 e. The van der Waals surface area contributed by atoms with E-state index in [2.05, 4.69) is 15.6 Å². The summed E-state index contributed by atoms with van der Waals surface area (Å²) in [6.07, 6.45) is 0. The summed E-state index contributed by atoms with van der Waals surface area (Å²) in [4.78, 5) is 17.3. The molecule has 6 nitrogen and oxygen atoms in total. The largest absolute Gasteiger partial charge is 0.484 e. The van der Waals surface area contributed by atoms with Crippen molar-refractivity contribution in [3.05, 3.63) is 64.7 Å². The molecule has 0 saturated carbocycles. The second-order valence-corrected chi connectivity index (χ2v) is 6.50. The highest BCUT2D eigenvalue weighted by Crippen LogP contribution is 2.15. The minimum absolute atomic E-state index is 0.0188. The third-order valence-corrected chi connectivity index (χ3v) is 4.22. The Morgan fingerprint density at radius 3 is 2.56 bits per heavy atom. The Balaban J connectivity index is 1.86. The number of likely N-dealkylation sites (N-methyl/N-ethyl adjacent to an activating group) is 1. The Bertz CT molecular complexity index is 793. The van der Waals surface area contributed by atoms with Crippen molar-refractivity contribution in [1.29, 1.82) is 0 Å². The topological polar surface area (TPSA) is 66.0 Å². The lowest BCUT2D eigenvalue weighted by molar-refractivity contribution is -0.130. The first-order valence-electron chi connectivity index (χ1n) is 8.59. The number of nitrogens with zero attached hydrogens (tertiary/aromatic N) is 2. The quantitative estimate of drug-likeness (QED) is 0.565. The van der Waals surface area contributed by atoms with Gasteiger partial charge in [0.05, 0.1) is 0 Å². The molecule has 0 bridgehead atoms. The fourth-order valence-electron chi connectivity index (χ4n) is 2.25. The fraction of sp³-hybridized carbons (Fsp3) is 0.300. The number of guanidine groups is 1. The van der Waals surface area contributed by atoms with Gasteiger partial charge in [0, 0.05) is 39.3 Å². The van der Waals surface area contributed by atoms with Gasteiger partial charge in [-0.05, 0) is 29.3 Å². The van der Waals surface area contributed by atoms with Crippen LogP contribution in [-0.2, 0) is 17.9 Å². The van der Waals surface area contributed by atoms with Crippen LogP contribution in [0.15, 0.2) is 53.5 Å². The maximum Gasteiger partial charge on any atom is 0.259 e. The van der Waals surface area contributed by atoms with Gasteiger partial charge in [0.1, 0.15) is 5.75 Å². The molecule has 2 rings (SSSR count). The van der Waals surface area contributed by atoms with E-state index in [4.69, 9.17) is 16.3 Å². The third-order valence-electron chi connectivity index (χ3n) is 3.85. The SMILES string of the molecule is CN=C(NCc1cccc(OCC(=O)N(C)C)c1)NCc1ccccc1Cl. The lowest BCUT2D eigenvalue weighted by Gasteiger charge is -2.14. The number of carbonyl (C=O) groups excluding carboxylic acids is 1. The van der Waals surface area contributed by atoms with Crippen LogP contribution in [0.5, 0.6) is 5.75 Å². The summed E-state index contributed by atoms with van der Waals surface area (Å²) in [6, 6.07) is 15.3. The Hall–Kier alpha value is -2.73. The lowest BCUT2D eigenvalue weighted by atomic mass is 10.2. The van der Waals surface area contributed by atoms with Gasteiger partial charge in [-0.15, -0.1) is 0 Å². The molecule has 0 saturated heterocycles. The van der Waals surface area contributed by atoms with E-state index in [1.165, 1.54) is 4.90 Å². The average Bonchev–Trinajstić information content (AvgIpc) is 2.67. The van der Waals surface area contributed by atoms with E-state index >= 15 is 0 Å². The fourth-order valence-corrected chi connectivity index (χ4v) is 2.45. The summed E-state index contributed by atoms with van der Waals surface area (Å²) in [7, 11) is 5.12. The van der Waals surface area contributed by atoms with Crippen molar-refractivity contribution in [3.8, 4) is 5.75 Å². The maximum absolute atomic E-state index is 11.6.